The van der Waals surface area contributed by atoms with E-state index in [4.69, 9.17) is 5.73 Å². The van der Waals surface area contributed by atoms with E-state index < -0.39 is 0 Å². The van der Waals surface area contributed by atoms with Gasteiger partial charge in [-0.15, -0.1) is 0 Å². The van der Waals surface area contributed by atoms with Gasteiger partial charge in [0.15, 0.2) is 0 Å². The highest BCUT2D eigenvalue weighted by Gasteiger charge is 2.30. The molecule has 1 aliphatic heterocycles. The first-order valence-corrected chi connectivity index (χ1v) is 5.78. The number of hydrogen-bond donors (Lipinski definition) is 1. The molecule has 0 radical (unpaired) electrons. The predicted octanol–water partition coefficient (Wildman–Crippen LogP) is 1.12. The van der Waals surface area contributed by atoms with Crippen molar-refractivity contribution in [3.63, 3.8) is 0 Å². The lowest BCUT2D eigenvalue weighted by atomic mass is 9.89. The maximum Gasteiger partial charge on any atom is 0.319 e. The van der Waals surface area contributed by atoms with Crippen LogP contribution < -0.4 is 5.73 Å². The lowest BCUT2D eigenvalue weighted by molar-refractivity contribution is 0.111. The summed E-state index contributed by atoms with van der Waals surface area (Å²) in [4.78, 5) is 15.4. The summed E-state index contributed by atoms with van der Waals surface area (Å²) in [5.74, 6) is 0.741. The van der Waals surface area contributed by atoms with Gasteiger partial charge in [-0.05, 0) is 18.8 Å². The van der Waals surface area contributed by atoms with E-state index in [1.54, 1.807) is 19.0 Å². The van der Waals surface area contributed by atoms with Crippen LogP contribution in [-0.2, 0) is 0 Å². The molecule has 1 aliphatic rings. The van der Waals surface area contributed by atoms with Crippen molar-refractivity contribution >= 4 is 6.03 Å². The zero-order valence-electron chi connectivity index (χ0n) is 10.1. The first-order valence-electron chi connectivity index (χ1n) is 5.78. The molecule has 2 atom stereocenters. The molecule has 0 aromatic carbocycles. The van der Waals surface area contributed by atoms with Crippen LogP contribution in [0.4, 0.5) is 4.79 Å². The number of piperidine rings is 1. The monoisotopic (exact) mass is 213 g/mol. The van der Waals surface area contributed by atoms with Crippen LogP contribution in [0.25, 0.3) is 0 Å². The van der Waals surface area contributed by atoms with Crippen molar-refractivity contribution in [2.75, 3.05) is 27.2 Å². The highest BCUT2D eigenvalue weighted by molar-refractivity contribution is 5.74. The van der Waals surface area contributed by atoms with Gasteiger partial charge in [-0.3, -0.25) is 0 Å². The van der Waals surface area contributed by atoms with Gasteiger partial charge in [0.05, 0.1) is 0 Å². The van der Waals surface area contributed by atoms with Crippen molar-refractivity contribution in [1.29, 1.82) is 0 Å². The Morgan fingerprint density at radius 1 is 1.53 bits per heavy atom. The molecule has 1 saturated heterocycles. The van der Waals surface area contributed by atoms with Crippen molar-refractivity contribution in [2.45, 2.75) is 32.2 Å². The highest BCUT2D eigenvalue weighted by atomic mass is 16.2. The van der Waals surface area contributed by atoms with Crippen LogP contribution >= 0.6 is 0 Å². The maximum atomic E-state index is 11.9. The van der Waals surface area contributed by atoms with E-state index >= 15 is 0 Å². The predicted molar refractivity (Wildman–Crippen MR) is 61.6 cm³/mol. The van der Waals surface area contributed by atoms with Crippen LogP contribution in [0.5, 0.6) is 0 Å². The summed E-state index contributed by atoms with van der Waals surface area (Å²) in [5.41, 5.74) is 5.74. The van der Waals surface area contributed by atoms with E-state index in [-0.39, 0.29) is 12.1 Å². The molecule has 2 amide bonds. The molecule has 1 rings (SSSR count). The standard InChI is InChI=1S/C11H23N3O/c1-4-9-5-6-14(10(7-9)8-12)11(15)13(2)3/h9-10H,4-8,12H2,1-3H3. The molecule has 2 N–H and O–H groups in total. The quantitative estimate of drug-likeness (QED) is 0.747. The fourth-order valence-electron chi connectivity index (χ4n) is 2.24. The van der Waals surface area contributed by atoms with E-state index in [9.17, 15) is 4.79 Å². The van der Waals surface area contributed by atoms with Gasteiger partial charge in [-0.25, -0.2) is 4.79 Å². The van der Waals surface area contributed by atoms with E-state index in [1.807, 2.05) is 4.90 Å². The Kier molecular flexibility index (Phi) is 4.39. The van der Waals surface area contributed by atoms with Crippen molar-refractivity contribution in [3.05, 3.63) is 0 Å². The average Bonchev–Trinajstić information content (AvgIpc) is 2.27. The number of nitrogens with zero attached hydrogens (tertiary/aromatic N) is 2. The summed E-state index contributed by atoms with van der Waals surface area (Å²) in [5, 5.41) is 0. The molecule has 15 heavy (non-hydrogen) atoms. The second-order valence-corrected chi connectivity index (χ2v) is 4.56. The molecule has 88 valence electrons. The van der Waals surface area contributed by atoms with Crippen LogP contribution in [0.1, 0.15) is 26.2 Å². The van der Waals surface area contributed by atoms with Crippen LogP contribution in [-0.4, -0.2) is 49.1 Å². The van der Waals surface area contributed by atoms with Crippen LogP contribution in [0.3, 0.4) is 0 Å². The molecule has 2 unspecified atom stereocenters. The van der Waals surface area contributed by atoms with E-state index in [1.165, 1.54) is 6.42 Å². The SMILES string of the molecule is CCC1CCN(C(=O)N(C)C)C(CN)C1. The number of likely N-dealkylation sites (tertiary alicyclic amines) is 1. The molecule has 0 aromatic rings. The van der Waals surface area contributed by atoms with Crippen LogP contribution in [0.2, 0.25) is 0 Å². The Morgan fingerprint density at radius 3 is 2.67 bits per heavy atom. The summed E-state index contributed by atoms with van der Waals surface area (Å²) in [6, 6.07) is 0.332. The summed E-state index contributed by atoms with van der Waals surface area (Å²) >= 11 is 0. The third-order valence-corrected chi connectivity index (χ3v) is 3.30. The lowest BCUT2D eigenvalue weighted by Crippen LogP contribution is -2.52. The number of hydrogen-bond acceptors (Lipinski definition) is 2. The van der Waals surface area contributed by atoms with Crippen molar-refractivity contribution in [1.82, 2.24) is 9.80 Å². The molecule has 0 bridgehead atoms. The van der Waals surface area contributed by atoms with E-state index in [0.29, 0.717) is 6.54 Å². The molecule has 0 spiro atoms. The Labute approximate surface area is 92.4 Å². The van der Waals surface area contributed by atoms with E-state index in [0.717, 1.165) is 25.3 Å². The zero-order chi connectivity index (χ0) is 11.4. The minimum absolute atomic E-state index is 0.0972. The lowest BCUT2D eigenvalue weighted by Gasteiger charge is -2.40. The molecule has 0 saturated carbocycles. The van der Waals surface area contributed by atoms with Crippen molar-refractivity contribution < 1.29 is 4.79 Å². The van der Waals surface area contributed by atoms with Gasteiger partial charge in [0.2, 0.25) is 0 Å². The fraction of sp³-hybridized carbons (Fsp3) is 0.909. The van der Waals surface area contributed by atoms with Crippen LogP contribution in [0, 0.1) is 5.92 Å². The minimum Gasteiger partial charge on any atom is -0.331 e. The maximum absolute atomic E-state index is 11.9. The fourth-order valence-corrected chi connectivity index (χ4v) is 2.24. The first kappa shape index (κ1) is 12.3. The third-order valence-electron chi connectivity index (χ3n) is 3.30. The number of rotatable bonds is 2. The van der Waals surface area contributed by atoms with Crippen molar-refractivity contribution in [2.24, 2.45) is 11.7 Å². The van der Waals surface area contributed by atoms with Gasteiger partial charge in [0, 0.05) is 33.2 Å². The molecule has 4 heteroatoms. The molecular formula is C11H23N3O. The molecule has 1 fully saturated rings. The summed E-state index contributed by atoms with van der Waals surface area (Å²) < 4.78 is 0. The summed E-state index contributed by atoms with van der Waals surface area (Å²) in [6.45, 7) is 3.65. The molecular weight excluding hydrogens is 190 g/mol. The van der Waals surface area contributed by atoms with Crippen LogP contribution in [0.15, 0.2) is 0 Å². The third kappa shape index (κ3) is 2.84. The second kappa shape index (κ2) is 5.35. The number of amides is 2. The highest BCUT2D eigenvalue weighted by Crippen LogP contribution is 2.25. The summed E-state index contributed by atoms with van der Waals surface area (Å²) in [6.07, 6.45) is 3.37. The van der Waals surface area contributed by atoms with Gasteiger partial charge >= 0.3 is 6.03 Å². The van der Waals surface area contributed by atoms with Gasteiger partial charge in [-0.1, -0.05) is 13.3 Å². The smallest absolute Gasteiger partial charge is 0.319 e. The first-order chi connectivity index (χ1) is 7.10. The van der Waals surface area contributed by atoms with Crippen molar-refractivity contribution in [3.8, 4) is 0 Å². The Bertz CT molecular complexity index is 218. The van der Waals surface area contributed by atoms with Gasteiger partial charge in [-0.2, -0.15) is 0 Å². The molecule has 4 nitrogen and oxygen atoms in total. The summed E-state index contributed by atoms with van der Waals surface area (Å²) in [7, 11) is 3.59. The Hall–Kier alpha value is -0.770. The second-order valence-electron chi connectivity index (χ2n) is 4.56. The molecule has 1 heterocycles. The topological polar surface area (TPSA) is 49.6 Å². The minimum atomic E-state index is 0.0972. The number of carbonyl (C=O) groups is 1. The number of carbonyl (C=O) groups excluding carboxylic acids is 1. The van der Waals surface area contributed by atoms with Gasteiger partial charge < -0.3 is 15.5 Å². The van der Waals surface area contributed by atoms with Gasteiger partial charge in [0.25, 0.3) is 0 Å². The zero-order valence-corrected chi connectivity index (χ0v) is 10.1. The average molecular weight is 213 g/mol. The Morgan fingerprint density at radius 2 is 2.20 bits per heavy atom. The number of urea groups is 1. The van der Waals surface area contributed by atoms with E-state index in [2.05, 4.69) is 6.92 Å². The number of nitrogens with two attached hydrogens (primary N) is 1. The molecule has 0 aromatic heterocycles. The molecule has 0 aliphatic carbocycles. The normalized spacial score (nSPS) is 26.5. The largest absolute Gasteiger partial charge is 0.331 e. The Balaban J connectivity index is 2.62. The van der Waals surface area contributed by atoms with Gasteiger partial charge in [0.1, 0.15) is 0 Å².